The lowest BCUT2D eigenvalue weighted by molar-refractivity contribution is -0.142. The van der Waals surface area contributed by atoms with E-state index in [9.17, 15) is 19.5 Å². The molecule has 0 heterocycles. The summed E-state index contributed by atoms with van der Waals surface area (Å²) in [7, 11) is 0. The highest BCUT2D eigenvalue weighted by Crippen LogP contribution is 2.44. The van der Waals surface area contributed by atoms with Crippen LogP contribution in [0.25, 0.3) is 11.1 Å². The van der Waals surface area contributed by atoms with Gasteiger partial charge in [0.2, 0.25) is 5.91 Å². The molecule has 33 heavy (non-hydrogen) atoms. The summed E-state index contributed by atoms with van der Waals surface area (Å²) in [6.07, 6.45) is 1.94. The number of hydrogen-bond acceptors (Lipinski definition) is 4. The van der Waals surface area contributed by atoms with Crippen molar-refractivity contribution in [1.82, 2.24) is 10.6 Å². The smallest absolute Gasteiger partial charge is 0.408 e. The third-order valence-corrected chi connectivity index (χ3v) is 6.84. The molecule has 2 aliphatic rings. The molecule has 0 bridgehead atoms. The number of nitrogens with one attached hydrogen (secondary N) is 2. The summed E-state index contributed by atoms with van der Waals surface area (Å²) in [5, 5.41) is 14.5. The summed E-state index contributed by atoms with van der Waals surface area (Å²) in [4.78, 5) is 37.2. The molecule has 2 aliphatic carbocycles. The van der Waals surface area contributed by atoms with Crippen LogP contribution in [0.4, 0.5) is 4.79 Å². The molecule has 1 fully saturated rings. The van der Waals surface area contributed by atoms with Gasteiger partial charge in [0, 0.05) is 5.92 Å². The molecule has 0 saturated heterocycles. The number of rotatable bonds is 6. The lowest BCUT2D eigenvalue weighted by atomic mass is 9.75. The topological polar surface area (TPSA) is 105 Å². The molecular formula is C26H30N2O5. The van der Waals surface area contributed by atoms with E-state index < -0.39 is 29.6 Å². The number of ether oxygens (including phenoxy) is 1. The normalized spacial score (nSPS) is 22.5. The van der Waals surface area contributed by atoms with Crippen LogP contribution >= 0.6 is 0 Å². The molecule has 2 aromatic rings. The molecule has 3 atom stereocenters. The van der Waals surface area contributed by atoms with Gasteiger partial charge in [-0.15, -0.1) is 0 Å². The van der Waals surface area contributed by atoms with Gasteiger partial charge in [0.15, 0.2) is 0 Å². The lowest BCUT2D eigenvalue weighted by Gasteiger charge is -2.39. The van der Waals surface area contributed by atoms with Crippen LogP contribution in [0, 0.1) is 5.92 Å². The highest BCUT2D eigenvalue weighted by atomic mass is 16.5. The molecule has 0 aliphatic heterocycles. The minimum atomic E-state index is -1.18. The molecule has 3 N–H and O–H groups in total. The molecule has 2 amide bonds. The first-order chi connectivity index (χ1) is 15.8. The summed E-state index contributed by atoms with van der Waals surface area (Å²) in [6.45, 7) is 3.59. The van der Waals surface area contributed by atoms with Gasteiger partial charge in [-0.25, -0.2) is 4.79 Å². The fourth-order valence-electron chi connectivity index (χ4n) is 5.15. The average Bonchev–Trinajstić information content (AvgIpc) is 3.11. The zero-order valence-corrected chi connectivity index (χ0v) is 19.0. The minimum absolute atomic E-state index is 0.0785. The number of alkyl carbamates (subject to hydrolysis) is 1. The van der Waals surface area contributed by atoms with E-state index in [1.54, 1.807) is 0 Å². The first kappa shape index (κ1) is 22.8. The number of carboxylic acids is 1. The molecule has 0 spiro atoms. The van der Waals surface area contributed by atoms with Crippen molar-refractivity contribution in [3.63, 3.8) is 0 Å². The van der Waals surface area contributed by atoms with Gasteiger partial charge in [0.25, 0.3) is 0 Å². The Kier molecular flexibility index (Phi) is 6.40. The number of carbonyl (C=O) groups is 3. The molecule has 1 saturated carbocycles. The molecule has 7 nitrogen and oxygen atoms in total. The van der Waals surface area contributed by atoms with Crippen molar-refractivity contribution in [3.8, 4) is 11.1 Å². The van der Waals surface area contributed by atoms with Gasteiger partial charge in [-0.1, -0.05) is 68.3 Å². The number of amides is 2. The molecular weight excluding hydrogens is 420 g/mol. The van der Waals surface area contributed by atoms with Gasteiger partial charge in [-0.3, -0.25) is 9.59 Å². The predicted octanol–water partition coefficient (Wildman–Crippen LogP) is 4.06. The Hall–Kier alpha value is -3.35. The van der Waals surface area contributed by atoms with Crippen molar-refractivity contribution in [2.24, 2.45) is 5.92 Å². The Morgan fingerprint density at radius 2 is 1.70 bits per heavy atom. The molecule has 2 aromatic carbocycles. The summed E-state index contributed by atoms with van der Waals surface area (Å²) in [5.74, 6) is -1.45. The van der Waals surface area contributed by atoms with E-state index in [0.29, 0.717) is 12.8 Å². The maximum atomic E-state index is 13.1. The Balaban J connectivity index is 1.48. The quantitative estimate of drug-likeness (QED) is 0.616. The largest absolute Gasteiger partial charge is 0.480 e. The Bertz CT molecular complexity index is 1020. The zero-order chi connectivity index (χ0) is 23.6. The van der Waals surface area contributed by atoms with Gasteiger partial charge in [0.05, 0.1) is 0 Å². The van der Waals surface area contributed by atoms with Crippen molar-refractivity contribution in [1.29, 1.82) is 0 Å². The Labute approximate surface area is 193 Å². The van der Waals surface area contributed by atoms with Gasteiger partial charge in [0.1, 0.15) is 18.2 Å². The summed E-state index contributed by atoms with van der Waals surface area (Å²) < 4.78 is 5.66. The average molecular weight is 451 g/mol. The maximum absolute atomic E-state index is 13.1. The van der Waals surface area contributed by atoms with E-state index in [4.69, 9.17) is 4.74 Å². The summed E-state index contributed by atoms with van der Waals surface area (Å²) in [6, 6.07) is 15.1. The molecule has 0 radical (unpaired) electrons. The van der Waals surface area contributed by atoms with E-state index >= 15 is 0 Å². The van der Waals surface area contributed by atoms with Crippen LogP contribution in [0.5, 0.6) is 0 Å². The van der Waals surface area contributed by atoms with Gasteiger partial charge in [-0.2, -0.15) is 0 Å². The highest BCUT2D eigenvalue weighted by Gasteiger charge is 2.44. The van der Waals surface area contributed by atoms with Crippen LogP contribution in [-0.2, 0) is 14.3 Å². The molecule has 0 aromatic heterocycles. The van der Waals surface area contributed by atoms with Crippen LogP contribution in [0.3, 0.4) is 0 Å². The van der Waals surface area contributed by atoms with Gasteiger partial charge < -0.3 is 20.5 Å². The second-order valence-corrected chi connectivity index (χ2v) is 9.27. The van der Waals surface area contributed by atoms with E-state index in [1.807, 2.05) is 43.3 Å². The summed E-state index contributed by atoms with van der Waals surface area (Å²) >= 11 is 0. The van der Waals surface area contributed by atoms with Crippen molar-refractivity contribution in [2.45, 2.75) is 57.0 Å². The van der Waals surface area contributed by atoms with Gasteiger partial charge >= 0.3 is 12.1 Å². The minimum Gasteiger partial charge on any atom is -0.480 e. The number of fused-ring (bicyclic) bond motifs is 3. The number of carbonyl (C=O) groups excluding carboxylic acids is 2. The highest BCUT2D eigenvalue weighted by molar-refractivity contribution is 5.92. The van der Waals surface area contributed by atoms with E-state index in [0.717, 1.165) is 35.1 Å². The second kappa shape index (κ2) is 9.25. The first-order valence-electron chi connectivity index (χ1n) is 11.5. The molecule has 4 rings (SSSR count). The van der Waals surface area contributed by atoms with Crippen molar-refractivity contribution >= 4 is 18.0 Å². The number of benzene rings is 2. The fraction of sp³-hybridized carbons (Fsp3) is 0.423. The molecule has 174 valence electrons. The summed E-state index contributed by atoms with van der Waals surface area (Å²) in [5.41, 5.74) is 3.33. The number of hydrogen-bond donors (Lipinski definition) is 3. The first-order valence-corrected chi connectivity index (χ1v) is 11.5. The van der Waals surface area contributed by atoms with Crippen LogP contribution < -0.4 is 10.6 Å². The van der Waals surface area contributed by atoms with Crippen LogP contribution in [-0.4, -0.2) is 41.3 Å². The predicted molar refractivity (Wildman–Crippen MR) is 124 cm³/mol. The van der Waals surface area contributed by atoms with Crippen LogP contribution in [0.2, 0.25) is 0 Å². The number of aliphatic carboxylic acids is 1. The third-order valence-electron chi connectivity index (χ3n) is 6.84. The van der Waals surface area contributed by atoms with Crippen LogP contribution in [0.1, 0.15) is 56.6 Å². The van der Waals surface area contributed by atoms with E-state index in [1.165, 1.54) is 6.92 Å². The van der Waals surface area contributed by atoms with E-state index in [-0.39, 0.29) is 18.4 Å². The second-order valence-electron chi connectivity index (χ2n) is 9.27. The zero-order valence-electron chi connectivity index (χ0n) is 19.0. The fourth-order valence-corrected chi connectivity index (χ4v) is 5.15. The molecule has 7 heteroatoms. The number of carboxylic acid groups (broad SMARTS) is 1. The van der Waals surface area contributed by atoms with Crippen molar-refractivity contribution in [3.05, 3.63) is 59.7 Å². The van der Waals surface area contributed by atoms with Crippen molar-refractivity contribution < 1.29 is 24.2 Å². The van der Waals surface area contributed by atoms with E-state index in [2.05, 4.69) is 22.8 Å². The van der Waals surface area contributed by atoms with Gasteiger partial charge in [-0.05, 0) is 47.9 Å². The molecule has 3 unspecified atom stereocenters. The Morgan fingerprint density at radius 3 is 2.27 bits per heavy atom. The monoisotopic (exact) mass is 450 g/mol. The lowest BCUT2D eigenvalue weighted by Crippen LogP contribution is -2.62. The Morgan fingerprint density at radius 1 is 1.09 bits per heavy atom. The standard InChI is InChI=1S/C26H30N2O5/c1-16-8-7-13-26(14-16,24(31)27-17(2)23(29)30)28-25(32)33-15-22-20-11-5-3-9-18(20)19-10-4-6-12-21(19)22/h3-6,9-12,16-17,22H,7-8,13-15H2,1-2H3,(H,27,31)(H,28,32)(H,29,30). The van der Waals surface area contributed by atoms with Crippen molar-refractivity contribution in [2.75, 3.05) is 6.61 Å². The maximum Gasteiger partial charge on any atom is 0.408 e. The third kappa shape index (κ3) is 4.58. The SMILES string of the molecule is CC1CCCC(NC(=O)OCC2c3ccccc3-c3ccccc32)(C(=O)NC(C)C(=O)O)C1. The van der Waals surface area contributed by atoms with Crippen LogP contribution in [0.15, 0.2) is 48.5 Å².